The Balaban J connectivity index is 1.95. The van der Waals surface area contributed by atoms with Crippen LogP contribution in [0.4, 0.5) is 0 Å². The van der Waals surface area contributed by atoms with E-state index in [0.717, 1.165) is 24.2 Å². The molecule has 1 saturated heterocycles. The zero-order valence-corrected chi connectivity index (χ0v) is 28.2. The van der Waals surface area contributed by atoms with E-state index < -0.39 is 11.9 Å². The summed E-state index contributed by atoms with van der Waals surface area (Å²) in [6, 6.07) is -0.698. The average molecular weight is 654 g/mol. The molecular formula is C33H59N5O8. The number of imide groups is 1. The second-order valence-electron chi connectivity index (χ2n) is 12.0. The summed E-state index contributed by atoms with van der Waals surface area (Å²) in [5.41, 5.74) is 5.48. The molecule has 1 heterocycles. The number of carbonyl (C=O) groups excluding carboxylic acids is 6. The minimum Gasteiger partial charge on any atom is -0.379 e. The van der Waals surface area contributed by atoms with Crippen molar-refractivity contribution in [2.75, 3.05) is 46.1 Å². The first-order valence-electron chi connectivity index (χ1n) is 17.3. The largest absolute Gasteiger partial charge is 0.379 e. The van der Waals surface area contributed by atoms with Crippen LogP contribution in [0.3, 0.4) is 0 Å². The Morgan fingerprint density at radius 1 is 0.761 bits per heavy atom. The van der Waals surface area contributed by atoms with Gasteiger partial charge in [0, 0.05) is 51.2 Å². The summed E-state index contributed by atoms with van der Waals surface area (Å²) in [6.07, 6.45) is 13.1. The van der Waals surface area contributed by atoms with Gasteiger partial charge < -0.3 is 31.2 Å². The number of nitrogens with two attached hydrogens (primary N) is 1. The number of nitrogens with zero attached hydrogens (tertiary/aromatic N) is 1. The van der Waals surface area contributed by atoms with Gasteiger partial charge in [-0.2, -0.15) is 0 Å². The van der Waals surface area contributed by atoms with Crippen LogP contribution in [-0.4, -0.2) is 92.4 Å². The average Bonchev–Trinajstić information content (AvgIpc) is 3.26. The Bertz CT molecular complexity index is 932. The van der Waals surface area contributed by atoms with Crippen LogP contribution < -0.4 is 21.7 Å². The summed E-state index contributed by atoms with van der Waals surface area (Å²) in [4.78, 5) is 72.7. The van der Waals surface area contributed by atoms with Crippen LogP contribution in [-0.2, 0) is 38.2 Å². The van der Waals surface area contributed by atoms with E-state index in [9.17, 15) is 28.8 Å². The monoisotopic (exact) mass is 653 g/mol. The van der Waals surface area contributed by atoms with Crippen molar-refractivity contribution in [3.8, 4) is 0 Å². The molecule has 0 aromatic heterocycles. The van der Waals surface area contributed by atoms with Gasteiger partial charge in [0.25, 0.3) is 0 Å². The summed E-state index contributed by atoms with van der Waals surface area (Å²) in [6.45, 7) is 5.89. The predicted octanol–water partition coefficient (Wildman–Crippen LogP) is 2.49. The Kier molecular flexibility index (Phi) is 23.2. The minimum atomic E-state index is -0.698. The van der Waals surface area contributed by atoms with Gasteiger partial charge in [0.05, 0.1) is 26.4 Å². The molecule has 1 fully saturated rings. The van der Waals surface area contributed by atoms with Gasteiger partial charge in [-0.1, -0.05) is 65.2 Å². The number of unbranched alkanes of at least 4 members (excludes halogenated alkanes) is 9. The van der Waals surface area contributed by atoms with Crippen LogP contribution >= 0.6 is 0 Å². The molecule has 46 heavy (non-hydrogen) atoms. The standard InChI is InChI=1S/C33H59N5O8/c1-3-4-5-6-7-8-9-10-11-15-30(41)37-27(32(34)43)14-12-13-18-35-29(40)17-21-45-23-24-46-22-19-36-28(39)16-20-38-31(42)25-26(2)33(38)44/h26-27H,3-25H2,1-2H3,(H2,34,43)(H,35,40)(H,36,39)(H,37,41). The van der Waals surface area contributed by atoms with E-state index in [1.807, 2.05) is 0 Å². The minimum absolute atomic E-state index is 0.0565. The molecular weight excluding hydrogens is 594 g/mol. The lowest BCUT2D eigenvalue weighted by Gasteiger charge is -2.15. The van der Waals surface area contributed by atoms with Crippen molar-refractivity contribution in [2.45, 2.75) is 123 Å². The van der Waals surface area contributed by atoms with E-state index in [0.29, 0.717) is 52.0 Å². The topological polar surface area (TPSA) is 186 Å². The van der Waals surface area contributed by atoms with Crippen molar-refractivity contribution in [1.82, 2.24) is 20.9 Å². The molecule has 2 atom stereocenters. The lowest BCUT2D eigenvalue weighted by Crippen LogP contribution is -2.44. The Morgan fingerprint density at radius 3 is 2.00 bits per heavy atom. The molecule has 0 aromatic carbocycles. The molecule has 1 aliphatic rings. The fourth-order valence-corrected chi connectivity index (χ4v) is 5.07. The first-order valence-corrected chi connectivity index (χ1v) is 17.3. The molecule has 6 amide bonds. The second kappa shape index (κ2) is 26.1. The predicted molar refractivity (Wildman–Crippen MR) is 174 cm³/mol. The Morgan fingerprint density at radius 2 is 1.37 bits per heavy atom. The van der Waals surface area contributed by atoms with Crippen LogP contribution in [0, 0.1) is 5.92 Å². The van der Waals surface area contributed by atoms with Crippen molar-refractivity contribution in [3.63, 3.8) is 0 Å². The van der Waals surface area contributed by atoms with Gasteiger partial charge in [0.1, 0.15) is 6.04 Å². The van der Waals surface area contributed by atoms with Crippen molar-refractivity contribution in [2.24, 2.45) is 11.7 Å². The summed E-state index contributed by atoms with van der Waals surface area (Å²) >= 11 is 0. The summed E-state index contributed by atoms with van der Waals surface area (Å²) in [7, 11) is 0. The van der Waals surface area contributed by atoms with Crippen molar-refractivity contribution in [3.05, 3.63) is 0 Å². The third-order valence-electron chi connectivity index (χ3n) is 7.87. The highest BCUT2D eigenvalue weighted by atomic mass is 16.5. The number of hydrogen-bond acceptors (Lipinski definition) is 8. The summed E-state index contributed by atoms with van der Waals surface area (Å²) in [5, 5.41) is 8.25. The molecule has 13 nitrogen and oxygen atoms in total. The molecule has 0 aliphatic carbocycles. The highest BCUT2D eigenvalue weighted by molar-refractivity contribution is 6.03. The maximum Gasteiger partial charge on any atom is 0.239 e. The van der Waals surface area contributed by atoms with Crippen molar-refractivity contribution < 1.29 is 38.2 Å². The lowest BCUT2D eigenvalue weighted by molar-refractivity contribution is -0.139. The van der Waals surface area contributed by atoms with Crippen LogP contribution in [0.25, 0.3) is 0 Å². The molecule has 264 valence electrons. The highest BCUT2D eigenvalue weighted by Gasteiger charge is 2.35. The maximum atomic E-state index is 12.2. The number of ether oxygens (including phenoxy) is 2. The van der Waals surface area contributed by atoms with Gasteiger partial charge >= 0.3 is 0 Å². The molecule has 0 aromatic rings. The number of likely N-dealkylation sites (tertiary alicyclic amines) is 1. The molecule has 0 radical (unpaired) electrons. The molecule has 5 N–H and O–H groups in total. The maximum absolute atomic E-state index is 12.2. The number of primary amides is 1. The quantitative estimate of drug-likeness (QED) is 0.0700. The van der Waals surface area contributed by atoms with E-state index in [-0.39, 0.29) is 74.5 Å². The van der Waals surface area contributed by atoms with E-state index >= 15 is 0 Å². The highest BCUT2D eigenvalue weighted by Crippen LogP contribution is 2.18. The van der Waals surface area contributed by atoms with Crippen LogP contribution in [0.15, 0.2) is 0 Å². The zero-order valence-electron chi connectivity index (χ0n) is 28.2. The fraction of sp³-hybridized carbons (Fsp3) is 0.818. The van der Waals surface area contributed by atoms with Gasteiger partial charge in [-0.3, -0.25) is 33.7 Å². The number of rotatable bonds is 29. The van der Waals surface area contributed by atoms with Gasteiger partial charge in [0.15, 0.2) is 0 Å². The Hall–Kier alpha value is -3.06. The first-order chi connectivity index (χ1) is 22.1. The number of amides is 6. The molecule has 1 rings (SSSR count). The lowest BCUT2D eigenvalue weighted by atomic mass is 10.1. The molecule has 0 spiro atoms. The van der Waals surface area contributed by atoms with Gasteiger partial charge in [-0.05, 0) is 25.7 Å². The van der Waals surface area contributed by atoms with Crippen molar-refractivity contribution >= 4 is 35.4 Å². The molecule has 13 heteroatoms. The van der Waals surface area contributed by atoms with E-state index in [1.54, 1.807) is 6.92 Å². The van der Waals surface area contributed by atoms with Gasteiger partial charge in [-0.25, -0.2) is 0 Å². The smallest absolute Gasteiger partial charge is 0.239 e. The first kappa shape index (κ1) is 41.0. The fourth-order valence-electron chi connectivity index (χ4n) is 5.07. The number of carbonyl (C=O) groups is 6. The normalized spacial score (nSPS) is 15.2. The zero-order chi connectivity index (χ0) is 34.0. The summed E-state index contributed by atoms with van der Waals surface area (Å²) < 4.78 is 10.8. The summed E-state index contributed by atoms with van der Waals surface area (Å²) in [5.74, 6) is -1.88. The SMILES string of the molecule is CCCCCCCCCCCC(=O)NC(CCCCNC(=O)CCOCCOCCNC(=O)CCN1C(=O)CC(C)C1=O)C(N)=O. The molecule has 0 bridgehead atoms. The van der Waals surface area contributed by atoms with Gasteiger partial charge in [-0.15, -0.1) is 0 Å². The van der Waals surface area contributed by atoms with E-state index in [2.05, 4.69) is 22.9 Å². The van der Waals surface area contributed by atoms with Crippen LogP contribution in [0.2, 0.25) is 0 Å². The van der Waals surface area contributed by atoms with E-state index in [1.165, 1.54) is 38.5 Å². The molecule has 1 aliphatic heterocycles. The van der Waals surface area contributed by atoms with Crippen molar-refractivity contribution in [1.29, 1.82) is 0 Å². The number of hydrogen-bond donors (Lipinski definition) is 4. The second-order valence-corrected chi connectivity index (χ2v) is 12.0. The third-order valence-corrected chi connectivity index (χ3v) is 7.87. The molecule has 0 saturated carbocycles. The third kappa shape index (κ3) is 20.1. The van der Waals surface area contributed by atoms with Crippen LogP contribution in [0.1, 0.15) is 117 Å². The van der Waals surface area contributed by atoms with E-state index in [4.69, 9.17) is 15.2 Å². The Labute approximate surface area is 274 Å². The van der Waals surface area contributed by atoms with Gasteiger partial charge in [0.2, 0.25) is 35.4 Å². The van der Waals surface area contributed by atoms with Crippen LogP contribution in [0.5, 0.6) is 0 Å². The molecule has 2 unspecified atom stereocenters. The number of nitrogens with one attached hydrogen (secondary N) is 3.